The van der Waals surface area contributed by atoms with E-state index in [1.807, 2.05) is 12.2 Å². The summed E-state index contributed by atoms with van der Waals surface area (Å²) in [4.78, 5) is 12.5. The van der Waals surface area contributed by atoms with Crippen molar-refractivity contribution < 1.29 is 4.79 Å². The monoisotopic (exact) mass is 137 g/mol. The Morgan fingerprint density at radius 2 is 2.30 bits per heavy atom. The molecule has 0 bridgehead atoms. The SMILES string of the molecule is CC/C=C1/C=CC(=O)N1C. The van der Waals surface area contributed by atoms with Gasteiger partial charge in [0.05, 0.1) is 0 Å². The van der Waals surface area contributed by atoms with Crippen LogP contribution in [0.1, 0.15) is 13.3 Å². The summed E-state index contributed by atoms with van der Waals surface area (Å²) in [6, 6.07) is 0. The van der Waals surface area contributed by atoms with E-state index in [2.05, 4.69) is 6.92 Å². The normalized spacial score (nSPS) is 21.2. The maximum absolute atomic E-state index is 10.9. The molecule has 1 rings (SSSR count). The molecule has 1 heterocycles. The Kier molecular flexibility index (Phi) is 1.90. The van der Waals surface area contributed by atoms with Gasteiger partial charge in [0.15, 0.2) is 0 Å². The molecule has 0 unspecified atom stereocenters. The van der Waals surface area contributed by atoms with Crippen LogP contribution in [0.15, 0.2) is 23.9 Å². The molecular formula is C8H11NO. The summed E-state index contributed by atoms with van der Waals surface area (Å²) in [7, 11) is 1.78. The smallest absolute Gasteiger partial charge is 0.250 e. The maximum Gasteiger partial charge on any atom is 0.250 e. The van der Waals surface area contributed by atoms with Crippen molar-refractivity contribution in [2.45, 2.75) is 13.3 Å². The molecular weight excluding hydrogens is 126 g/mol. The van der Waals surface area contributed by atoms with E-state index in [1.165, 1.54) is 0 Å². The van der Waals surface area contributed by atoms with Gasteiger partial charge in [0.2, 0.25) is 0 Å². The Morgan fingerprint density at radius 3 is 2.70 bits per heavy atom. The highest BCUT2D eigenvalue weighted by atomic mass is 16.2. The van der Waals surface area contributed by atoms with Crippen LogP contribution in [0.25, 0.3) is 0 Å². The molecule has 2 nitrogen and oxygen atoms in total. The fourth-order valence-electron chi connectivity index (χ4n) is 0.922. The summed E-state index contributed by atoms with van der Waals surface area (Å²) in [5, 5.41) is 0. The molecule has 1 aliphatic heterocycles. The van der Waals surface area contributed by atoms with E-state index in [0.717, 1.165) is 12.1 Å². The lowest BCUT2D eigenvalue weighted by Gasteiger charge is -2.09. The molecule has 2 heteroatoms. The highest BCUT2D eigenvalue weighted by Crippen LogP contribution is 2.12. The van der Waals surface area contributed by atoms with Gasteiger partial charge < -0.3 is 4.90 Å². The second-order valence-electron chi connectivity index (χ2n) is 2.27. The molecule has 0 saturated carbocycles. The molecule has 10 heavy (non-hydrogen) atoms. The standard InChI is InChI=1S/C8H11NO/c1-3-4-7-5-6-8(10)9(7)2/h4-6H,3H2,1-2H3/b7-4-. The number of carbonyl (C=O) groups excluding carboxylic acids is 1. The fourth-order valence-corrected chi connectivity index (χ4v) is 0.922. The molecule has 0 spiro atoms. The van der Waals surface area contributed by atoms with Crippen molar-refractivity contribution >= 4 is 5.91 Å². The third-order valence-electron chi connectivity index (χ3n) is 1.53. The van der Waals surface area contributed by atoms with Gasteiger partial charge in [-0.05, 0) is 12.5 Å². The minimum absolute atomic E-state index is 0.0692. The zero-order valence-electron chi connectivity index (χ0n) is 6.29. The van der Waals surface area contributed by atoms with Crippen molar-refractivity contribution in [3.63, 3.8) is 0 Å². The zero-order chi connectivity index (χ0) is 7.56. The first kappa shape index (κ1) is 7.06. The number of rotatable bonds is 1. The summed E-state index contributed by atoms with van der Waals surface area (Å²) < 4.78 is 0. The topological polar surface area (TPSA) is 20.3 Å². The first-order valence-corrected chi connectivity index (χ1v) is 3.41. The van der Waals surface area contributed by atoms with Gasteiger partial charge in [0.1, 0.15) is 0 Å². The molecule has 0 fully saturated rings. The minimum Gasteiger partial charge on any atom is -0.312 e. The quantitative estimate of drug-likeness (QED) is 0.533. The van der Waals surface area contributed by atoms with E-state index in [0.29, 0.717) is 0 Å². The molecule has 1 amide bonds. The maximum atomic E-state index is 10.9. The number of nitrogens with zero attached hydrogens (tertiary/aromatic N) is 1. The zero-order valence-corrected chi connectivity index (χ0v) is 6.29. The number of likely N-dealkylation sites (N-methyl/N-ethyl adjacent to an activating group) is 1. The number of hydrogen-bond acceptors (Lipinski definition) is 1. The molecule has 0 aromatic carbocycles. The number of carbonyl (C=O) groups is 1. The van der Waals surface area contributed by atoms with Crippen LogP contribution in [-0.4, -0.2) is 17.9 Å². The average molecular weight is 137 g/mol. The summed E-state index contributed by atoms with van der Waals surface area (Å²) in [5.74, 6) is 0.0692. The van der Waals surface area contributed by atoms with Crippen LogP contribution in [0.3, 0.4) is 0 Å². The second kappa shape index (κ2) is 2.69. The van der Waals surface area contributed by atoms with E-state index in [1.54, 1.807) is 18.0 Å². The molecule has 0 atom stereocenters. The van der Waals surface area contributed by atoms with Gasteiger partial charge in [-0.1, -0.05) is 13.0 Å². The van der Waals surface area contributed by atoms with Crippen LogP contribution >= 0.6 is 0 Å². The average Bonchev–Trinajstić information content (AvgIpc) is 2.20. The number of amides is 1. The summed E-state index contributed by atoms with van der Waals surface area (Å²) in [5.41, 5.74) is 1.01. The van der Waals surface area contributed by atoms with Gasteiger partial charge in [0, 0.05) is 18.8 Å². The summed E-state index contributed by atoms with van der Waals surface area (Å²) in [6.07, 6.45) is 6.42. The van der Waals surface area contributed by atoms with Gasteiger partial charge >= 0.3 is 0 Å². The molecule has 1 aliphatic rings. The Balaban J connectivity index is 2.75. The third kappa shape index (κ3) is 1.10. The van der Waals surface area contributed by atoms with Gasteiger partial charge in [-0.25, -0.2) is 0 Å². The molecule has 0 N–H and O–H groups in total. The Bertz CT molecular complexity index is 203. The van der Waals surface area contributed by atoms with Crippen LogP contribution in [0.2, 0.25) is 0 Å². The molecule has 54 valence electrons. The Hall–Kier alpha value is -1.05. The Morgan fingerprint density at radius 1 is 1.60 bits per heavy atom. The predicted octanol–water partition coefficient (Wildman–Crippen LogP) is 1.31. The molecule has 0 radical (unpaired) electrons. The van der Waals surface area contributed by atoms with Gasteiger partial charge in [-0.3, -0.25) is 4.79 Å². The molecule has 0 saturated heterocycles. The molecule has 0 aromatic rings. The van der Waals surface area contributed by atoms with E-state index in [4.69, 9.17) is 0 Å². The predicted molar refractivity (Wildman–Crippen MR) is 40.3 cm³/mol. The van der Waals surface area contributed by atoms with Gasteiger partial charge in [-0.2, -0.15) is 0 Å². The van der Waals surface area contributed by atoms with E-state index < -0.39 is 0 Å². The highest BCUT2D eigenvalue weighted by Gasteiger charge is 2.13. The third-order valence-corrected chi connectivity index (χ3v) is 1.53. The lowest BCUT2D eigenvalue weighted by molar-refractivity contribution is -0.122. The van der Waals surface area contributed by atoms with Crippen molar-refractivity contribution in [1.29, 1.82) is 0 Å². The van der Waals surface area contributed by atoms with Crippen LogP contribution in [0, 0.1) is 0 Å². The van der Waals surface area contributed by atoms with Crippen LogP contribution in [-0.2, 0) is 4.79 Å². The van der Waals surface area contributed by atoms with Crippen LogP contribution in [0.4, 0.5) is 0 Å². The first-order chi connectivity index (χ1) is 4.75. The van der Waals surface area contributed by atoms with E-state index in [9.17, 15) is 4.79 Å². The van der Waals surface area contributed by atoms with Gasteiger partial charge in [-0.15, -0.1) is 0 Å². The van der Waals surface area contributed by atoms with Crippen molar-refractivity contribution in [2.75, 3.05) is 7.05 Å². The second-order valence-corrected chi connectivity index (χ2v) is 2.27. The first-order valence-electron chi connectivity index (χ1n) is 3.41. The van der Waals surface area contributed by atoms with Crippen molar-refractivity contribution in [1.82, 2.24) is 4.90 Å². The van der Waals surface area contributed by atoms with E-state index in [-0.39, 0.29) is 5.91 Å². The van der Waals surface area contributed by atoms with E-state index >= 15 is 0 Å². The number of allylic oxidation sites excluding steroid dienone is 2. The van der Waals surface area contributed by atoms with Crippen LogP contribution in [0.5, 0.6) is 0 Å². The van der Waals surface area contributed by atoms with Crippen molar-refractivity contribution in [3.8, 4) is 0 Å². The lowest BCUT2D eigenvalue weighted by Crippen LogP contribution is -2.17. The minimum atomic E-state index is 0.0692. The summed E-state index contributed by atoms with van der Waals surface area (Å²) >= 11 is 0. The van der Waals surface area contributed by atoms with Gasteiger partial charge in [0.25, 0.3) is 5.91 Å². The van der Waals surface area contributed by atoms with Crippen molar-refractivity contribution in [2.24, 2.45) is 0 Å². The molecule has 0 aliphatic carbocycles. The fraction of sp³-hybridized carbons (Fsp3) is 0.375. The molecule has 0 aromatic heterocycles. The van der Waals surface area contributed by atoms with Crippen molar-refractivity contribution in [3.05, 3.63) is 23.9 Å². The highest BCUT2D eigenvalue weighted by molar-refractivity contribution is 5.92. The lowest BCUT2D eigenvalue weighted by atomic mass is 10.3. The van der Waals surface area contributed by atoms with Crippen LogP contribution < -0.4 is 0 Å². The largest absolute Gasteiger partial charge is 0.312 e. The summed E-state index contributed by atoms with van der Waals surface area (Å²) in [6.45, 7) is 2.05. The Labute approximate surface area is 60.8 Å². The number of hydrogen-bond donors (Lipinski definition) is 0.